The maximum absolute atomic E-state index is 12.8. The molecule has 3 N–H and O–H groups in total. The van der Waals surface area contributed by atoms with E-state index >= 15 is 0 Å². The van der Waals surface area contributed by atoms with E-state index in [1.807, 2.05) is 24.3 Å². The zero-order valence-electron chi connectivity index (χ0n) is 24.5. The third-order valence-corrected chi connectivity index (χ3v) is 8.38. The molecular weight excluding hydrogens is 532 g/mol. The van der Waals surface area contributed by atoms with Crippen molar-refractivity contribution < 1.29 is 23.9 Å². The van der Waals surface area contributed by atoms with Crippen molar-refractivity contribution in [3.05, 3.63) is 29.8 Å². The number of nitrogens with one attached hydrogen (secondary N) is 1. The van der Waals surface area contributed by atoms with Gasteiger partial charge in [0.1, 0.15) is 11.1 Å². The molecule has 0 spiro atoms. The predicted molar refractivity (Wildman–Crippen MR) is 160 cm³/mol. The Kier molecular flexibility index (Phi) is 13.7. The van der Waals surface area contributed by atoms with E-state index in [9.17, 15) is 14.4 Å². The number of halogens is 1. The molecule has 0 atom stereocenters. The highest BCUT2D eigenvalue weighted by Crippen LogP contribution is 2.30. The maximum Gasteiger partial charge on any atom is 0.331 e. The number of nitrogens with two attached hydrogens (primary N) is 1. The van der Waals surface area contributed by atoms with Crippen LogP contribution in [0.15, 0.2) is 24.3 Å². The van der Waals surface area contributed by atoms with E-state index < -0.39 is 11.1 Å². The minimum Gasteiger partial charge on any atom is -0.468 e. The first-order valence-electron chi connectivity index (χ1n) is 14.6. The first-order chi connectivity index (χ1) is 18.8. The molecule has 2 saturated carbocycles. The molecule has 40 heavy (non-hydrogen) atoms. The van der Waals surface area contributed by atoms with E-state index in [0.29, 0.717) is 18.4 Å². The van der Waals surface area contributed by atoms with Crippen molar-refractivity contribution in [2.24, 2.45) is 5.73 Å². The van der Waals surface area contributed by atoms with Gasteiger partial charge in [-0.1, -0.05) is 45.4 Å². The average molecular weight is 581 g/mol. The van der Waals surface area contributed by atoms with E-state index in [2.05, 4.69) is 26.8 Å². The Morgan fingerprint density at radius 3 is 1.85 bits per heavy atom. The number of rotatable bonds is 7. The molecule has 0 radical (unpaired) electrons. The second kappa shape index (κ2) is 16.2. The number of amides is 1. The number of hydrogen-bond donors (Lipinski definition) is 2. The molecular formula is C30H49ClN4O5. The zero-order valence-corrected chi connectivity index (χ0v) is 25.4. The molecule has 1 amide bonds. The number of anilines is 1. The molecule has 3 fully saturated rings. The number of methoxy groups -OCH3 is 2. The molecule has 9 nitrogen and oxygen atoms in total. The van der Waals surface area contributed by atoms with E-state index in [0.717, 1.165) is 83.4 Å². The van der Waals surface area contributed by atoms with Crippen molar-refractivity contribution in [2.75, 3.05) is 51.8 Å². The molecule has 0 bridgehead atoms. The van der Waals surface area contributed by atoms with Crippen LogP contribution in [-0.2, 0) is 19.1 Å². The molecule has 1 aromatic carbocycles. The number of carbonyl (C=O) groups excluding carboxylic acids is 3. The van der Waals surface area contributed by atoms with Crippen LogP contribution >= 0.6 is 12.4 Å². The summed E-state index contributed by atoms with van der Waals surface area (Å²) in [6.07, 6.45) is 10.3. The van der Waals surface area contributed by atoms with Gasteiger partial charge in [-0.05, 0) is 62.9 Å². The van der Waals surface area contributed by atoms with Crippen LogP contribution in [-0.4, -0.2) is 80.8 Å². The van der Waals surface area contributed by atoms with Crippen LogP contribution in [0.4, 0.5) is 5.69 Å². The molecule has 226 valence electrons. The minimum atomic E-state index is -0.877. The van der Waals surface area contributed by atoms with E-state index in [4.69, 9.17) is 10.5 Å². The predicted octanol–water partition coefficient (Wildman–Crippen LogP) is 4.07. The molecule has 1 saturated heterocycles. The summed E-state index contributed by atoms with van der Waals surface area (Å²) in [5.74, 6) is -0.786. The summed E-state index contributed by atoms with van der Waals surface area (Å²) in [4.78, 5) is 41.1. The van der Waals surface area contributed by atoms with Gasteiger partial charge in [0.05, 0.1) is 14.2 Å². The first-order valence-corrected chi connectivity index (χ1v) is 14.6. The van der Waals surface area contributed by atoms with Crippen molar-refractivity contribution in [2.45, 2.75) is 88.6 Å². The Labute approximate surface area is 245 Å². The molecule has 4 rings (SSSR count). The molecule has 1 heterocycles. The van der Waals surface area contributed by atoms with E-state index in [1.165, 1.54) is 27.1 Å². The average Bonchev–Trinajstić information content (AvgIpc) is 2.98. The van der Waals surface area contributed by atoms with Gasteiger partial charge in [0.2, 0.25) is 0 Å². The van der Waals surface area contributed by atoms with Crippen LogP contribution in [0.1, 0.15) is 87.9 Å². The summed E-state index contributed by atoms with van der Waals surface area (Å²) < 4.78 is 9.62. The van der Waals surface area contributed by atoms with Crippen molar-refractivity contribution in [1.29, 1.82) is 0 Å². The van der Waals surface area contributed by atoms with Gasteiger partial charge in [0.25, 0.3) is 5.91 Å². The van der Waals surface area contributed by atoms with Crippen LogP contribution < -0.4 is 16.0 Å². The molecule has 1 aromatic rings. The SMILES string of the molecule is CCCN1CCN(c2ccc(C(=O)NC3(C(=O)OC)CCCCC3)cc2)CC1.COC(=O)C1(N)CCCCC1.Cl. The quantitative estimate of drug-likeness (QED) is 0.464. The standard InChI is InChI=1S/C22H33N3O3.C8H15NO2.ClH/c1-3-13-24-14-16-25(17-15-24)19-9-7-18(8-10-19)20(26)23-22(21(27)28-2)11-5-4-6-12-22;1-11-7(10)8(9)5-3-2-4-6-8;/h7-10H,3-6,11-17H2,1-2H3,(H,23,26);2-6,9H2,1H3;1H. The van der Waals surface area contributed by atoms with Gasteiger partial charge in [0.15, 0.2) is 0 Å². The third kappa shape index (κ3) is 8.82. The smallest absolute Gasteiger partial charge is 0.331 e. The lowest BCUT2D eigenvalue weighted by molar-refractivity contribution is -0.150. The number of nitrogens with zero attached hydrogens (tertiary/aromatic N) is 2. The number of benzene rings is 1. The largest absolute Gasteiger partial charge is 0.468 e. The maximum atomic E-state index is 12.8. The Bertz CT molecular complexity index is 938. The second-order valence-electron chi connectivity index (χ2n) is 11.2. The fourth-order valence-electron chi connectivity index (χ4n) is 5.98. The van der Waals surface area contributed by atoms with Crippen LogP contribution in [0.3, 0.4) is 0 Å². The minimum absolute atomic E-state index is 0. The highest BCUT2D eigenvalue weighted by molar-refractivity contribution is 5.98. The summed E-state index contributed by atoms with van der Waals surface area (Å²) in [5.41, 5.74) is 6.02. The van der Waals surface area contributed by atoms with Gasteiger partial charge in [-0.3, -0.25) is 14.5 Å². The third-order valence-electron chi connectivity index (χ3n) is 8.38. The lowest BCUT2D eigenvalue weighted by Gasteiger charge is -2.36. The first kappa shape index (κ1) is 33.8. The van der Waals surface area contributed by atoms with Crippen molar-refractivity contribution in [3.8, 4) is 0 Å². The second-order valence-corrected chi connectivity index (χ2v) is 11.2. The Morgan fingerprint density at radius 2 is 1.35 bits per heavy atom. The molecule has 0 unspecified atom stereocenters. The lowest BCUT2D eigenvalue weighted by Crippen LogP contribution is -2.56. The van der Waals surface area contributed by atoms with Gasteiger partial charge in [-0.15, -0.1) is 12.4 Å². The Morgan fingerprint density at radius 1 is 0.825 bits per heavy atom. The summed E-state index contributed by atoms with van der Waals surface area (Å²) in [7, 11) is 2.78. The number of hydrogen-bond acceptors (Lipinski definition) is 8. The van der Waals surface area contributed by atoms with Gasteiger partial charge in [-0.25, -0.2) is 4.79 Å². The van der Waals surface area contributed by atoms with Crippen LogP contribution in [0, 0.1) is 0 Å². The molecule has 2 aliphatic carbocycles. The monoisotopic (exact) mass is 580 g/mol. The van der Waals surface area contributed by atoms with Gasteiger partial charge in [-0.2, -0.15) is 0 Å². The van der Waals surface area contributed by atoms with Crippen LogP contribution in [0.5, 0.6) is 0 Å². The lowest BCUT2D eigenvalue weighted by atomic mass is 9.81. The summed E-state index contributed by atoms with van der Waals surface area (Å²) in [6, 6.07) is 7.74. The summed E-state index contributed by atoms with van der Waals surface area (Å²) in [6.45, 7) is 7.56. The van der Waals surface area contributed by atoms with E-state index in [-0.39, 0.29) is 30.3 Å². The number of esters is 2. The van der Waals surface area contributed by atoms with Gasteiger partial charge < -0.3 is 25.4 Å². The Balaban J connectivity index is 0.000000394. The van der Waals surface area contributed by atoms with Crippen molar-refractivity contribution in [1.82, 2.24) is 10.2 Å². The Hall–Kier alpha value is -2.36. The zero-order chi connectivity index (χ0) is 28.3. The molecule has 10 heteroatoms. The molecule has 3 aliphatic rings. The number of piperazine rings is 1. The van der Waals surface area contributed by atoms with Gasteiger partial charge in [0, 0.05) is 37.4 Å². The highest BCUT2D eigenvalue weighted by atomic mass is 35.5. The van der Waals surface area contributed by atoms with Gasteiger partial charge >= 0.3 is 11.9 Å². The summed E-state index contributed by atoms with van der Waals surface area (Å²) >= 11 is 0. The topological polar surface area (TPSA) is 114 Å². The fraction of sp³-hybridized carbons (Fsp3) is 0.700. The molecule has 1 aliphatic heterocycles. The normalized spacial score (nSPS) is 20.1. The number of carbonyl (C=O) groups is 3. The van der Waals surface area contributed by atoms with Crippen LogP contribution in [0.25, 0.3) is 0 Å². The fourth-order valence-corrected chi connectivity index (χ4v) is 5.98. The number of ether oxygens (including phenoxy) is 2. The van der Waals surface area contributed by atoms with Crippen molar-refractivity contribution in [3.63, 3.8) is 0 Å². The van der Waals surface area contributed by atoms with Crippen molar-refractivity contribution >= 4 is 35.9 Å². The van der Waals surface area contributed by atoms with E-state index in [1.54, 1.807) is 0 Å². The highest BCUT2D eigenvalue weighted by Gasteiger charge is 2.42. The summed E-state index contributed by atoms with van der Waals surface area (Å²) in [5, 5.41) is 2.98. The molecule has 0 aromatic heterocycles. The van der Waals surface area contributed by atoms with Crippen LogP contribution in [0.2, 0.25) is 0 Å².